The molecule has 0 aliphatic rings. The van der Waals surface area contributed by atoms with Gasteiger partial charge >= 0.3 is 0 Å². The third kappa shape index (κ3) is 7.97. The van der Waals surface area contributed by atoms with Gasteiger partial charge in [-0.1, -0.05) is 66.5 Å². The third-order valence-electron chi connectivity index (χ3n) is 5.80. The van der Waals surface area contributed by atoms with E-state index in [1.54, 1.807) is 18.2 Å². The molecule has 8 heteroatoms. The molecule has 0 spiro atoms. The van der Waals surface area contributed by atoms with E-state index in [1.165, 1.54) is 29.2 Å². The Morgan fingerprint density at radius 2 is 1.72 bits per heavy atom. The van der Waals surface area contributed by atoms with Crippen LogP contribution in [0.4, 0.5) is 4.39 Å². The van der Waals surface area contributed by atoms with E-state index in [0.717, 1.165) is 12.0 Å². The summed E-state index contributed by atoms with van der Waals surface area (Å²) in [5.74, 6) is -0.741. The fourth-order valence-corrected chi connectivity index (χ4v) is 4.06. The Morgan fingerprint density at radius 1 is 1.03 bits per heavy atom. The first-order valence-corrected chi connectivity index (χ1v) is 12.5. The Hall–Kier alpha value is -3.09. The Labute approximate surface area is 221 Å². The molecular weight excluding hydrogens is 502 g/mol. The predicted octanol–water partition coefficient (Wildman–Crippen LogP) is 6.07. The van der Waals surface area contributed by atoms with Crippen molar-refractivity contribution in [1.82, 2.24) is 10.2 Å². The number of carbonyl (C=O) groups excluding carboxylic acids is 2. The summed E-state index contributed by atoms with van der Waals surface area (Å²) < 4.78 is 18.9. The highest BCUT2D eigenvalue weighted by molar-refractivity contribution is 6.35. The molecule has 0 bridgehead atoms. The topological polar surface area (TPSA) is 58.6 Å². The monoisotopic (exact) mass is 530 g/mol. The van der Waals surface area contributed by atoms with Crippen molar-refractivity contribution in [2.75, 3.05) is 6.61 Å². The van der Waals surface area contributed by atoms with Gasteiger partial charge < -0.3 is 15.0 Å². The van der Waals surface area contributed by atoms with Crippen LogP contribution in [0.1, 0.15) is 31.4 Å². The molecule has 0 saturated heterocycles. The largest absolute Gasteiger partial charge is 0.484 e. The molecule has 36 heavy (non-hydrogen) atoms. The number of halogens is 3. The van der Waals surface area contributed by atoms with Crippen LogP contribution >= 0.6 is 23.2 Å². The maximum atomic E-state index is 13.5. The van der Waals surface area contributed by atoms with E-state index in [9.17, 15) is 14.0 Å². The average Bonchev–Trinajstić information content (AvgIpc) is 2.87. The number of hydrogen-bond donors (Lipinski definition) is 1. The normalized spacial score (nSPS) is 12.5. The molecule has 3 aromatic rings. The summed E-state index contributed by atoms with van der Waals surface area (Å²) in [6.07, 6.45) is 1.05. The van der Waals surface area contributed by atoms with Crippen LogP contribution in [0.25, 0.3) is 0 Å². The van der Waals surface area contributed by atoms with Crippen molar-refractivity contribution in [2.24, 2.45) is 0 Å². The third-order valence-corrected chi connectivity index (χ3v) is 6.39. The number of nitrogens with zero attached hydrogens (tertiary/aromatic N) is 1. The number of rotatable bonds is 11. The molecular formula is C28H29Cl2FN2O3. The molecule has 5 nitrogen and oxygen atoms in total. The smallest absolute Gasteiger partial charge is 0.261 e. The molecule has 0 aliphatic carbocycles. The van der Waals surface area contributed by atoms with Crippen molar-refractivity contribution in [3.05, 3.63) is 99.8 Å². The number of nitrogens with one attached hydrogen (secondary N) is 1. The van der Waals surface area contributed by atoms with Gasteiger partial charge in [0, 0.05) is 29.1 Å². The van der Waals surface area contributed by atoms with Crippen LogP contribution in [0.3, 0.4) is 0 Å². The molecule has 0 aromatic heterocycles. The zero-order chi connectivity index (χ0) is 26.1. The van der Waals surface area contributed by atoms with Crippen molar-refractivity contribution in [2.45, 2.75) is 45.3 Å². The first kappa shape index (κ1) is 27.5. The number of amides is 2. The van der Waals surface area contributed by atoms with Gasteiger partial charge in [0.2, 0.25) is 5.91 Å². The molecule has 0 unspecified atom stereocenters. The summed E-state index contributed by atoms with van der Waals surface area (Å²) in [6.45, 7) is 3.63. The standard InChI is InChI=1S/C28H29Cl2FN2O3/c1-3-19(2)32-28(35)26(15-20-7-5-4-6-8-20)33(17-21-9-10-22(29)16-25(21)30)27(34)18-36-24-13-11-23(31)12-14-24/h4-14,16,19,26H,3,15,17-18H2,1-2H3,(H,32,35)/t19-,26+/m1/s1. The summed E-state index contributed by atoms with van der Waals surface area (Å²) >= 11 is 12.5. The molecule has 0 heterocycles. The minimum atomic E-state index is -0.822. The van der Waals surface area contributed by atoms with Gasteiger partial charge in [-0.05, 0) is 60.9 Å². The Morgan fingerprint density at radius 3 is 2.36 bits per heavy atom. The molecule has 190 valence electrons. The van der Waals surface area contributed by atoms with Crippen LogP contribution in [0.5, 0.6) is 5.75 Å². The van der Waals surface area contributed by atoms with Crippen LogP contribution < -0.4 is 10.1 Å². The van der Waals surface area contributed by atoms with Crippen molar-refractivity contribution in [3.63, 3.8) is 0 Å². The van der Waals surface area contributed by atoms with Crippen LogP contribution in [0.15, 0.2) is 72.8 Å². The SMILES string of the molecule is CC[C@@H](C)NC(=O)[C@H](Cc1ccccc1)N(Cc1ccc(Cl)cc1Cl)C(=O)COc1ccc(F)cc1. The lowest BCUT2D eigenvalue weighted by Gasteiger charge is -2.32. The molecule has 2 amide bonds. The van der Waals surface area contributed by atoms with Crippen LogP contribution in [-0.2, 0) is 22.6 Å². The molecule has 0 saturated carbocycles. The molecule has 2 atom stereocenters. The van der Waals surface area contributed by atoms with Crippen molar-refractivity contribution in [1.29, 1.82) is 0 Å². The van der Waals surface area contributed by atoms with E-state index in [1.807, 2.05) is 44.2 Å². The van der Waals surface area contributed by atoms with Gasteiger partial charge in [-0.25, -0.2) is 4.39 Å². The Kier molecular flexibility index (Phi) is 10.1. The van der Waals surface area contributed by atoms with Crippen LogP contribution in [0, 0.1) is 5.82 Å². The maximum Gasteiger partial charge on any atom is 0.261 e. The van der Waals surface area contributed by atoms with Gasteiger partial charge in [-0.2, -0.15) is 0 Å². The highest BCUT2D eigenvalue weighted by Crippen LogP contribution is 2.24. The van der Waals surface area contributed by atoms with Gasteiger partial charge in [0.25, 0.3) is 5.91 Å². The highest BCUT2D eigenvalue weighted by Gasteiger charge is 2.31. The summed E-state index contributed by atoms with van der Waals surface area (Å²) in [5, 5.41) is 3.86. The number of hydrogen-bond acceptors (Lipinski definition) is 3. The zero-order valence-corrected chi connectivity index (χ0v) is 21.7. The maximum absolute atomic E-state index is 13.5. The van der Waals surface area contributed by atoms with Gasteiger partial charge in [-0.15, -0.1) is 0 Å². The van der Waals surface area contributed by atoms with Crippen molar-refractivity contribution in [3.8, 4) is 5.75 Å². The molecule has 3 rings (SSSR count). The number of benzene rings is 3. The quantitative estimate of drug-likeness (QED) is 0.327. The lowest BCUT2D eigenvalue weighted by Crippen LogP contribution is -2.53. The Bertz CT molecular complexity index is 1160. The number of carbonyl (C=O) groups is 2. The van der Waals surface area contributed by atoms with Gasteiger partial charge in [-0.3, -0.25) is 9.59 Å². The second-order valence-corrected chi connectivity index (χ2v) is 9.37. The van der Waals surface area contributed by atoms with E-state index in [2.05, 4.69) is 5.32 Å². The summed E-state index contributed by atoms with van der Waals surface area (Å²) in [5.41, 5.74) is 1.55. The summed E-state index contributed by atoms with van der Waals surface area (Å²) in [4.78, 5) is 28.5. The fraction of sp³-hybridized carbons (Fsp3) is 0.286. The molecule has 1 N–H and O–H groups in total. The van der Waals surface area contributed by atoms with Gasteiger partial charge in [0.05, 0.1) is 0 Å². The molecule has 0 radical (unpaired) electrons. The van der Waals surface area contributed by atoms with E-state index < -0.39 is 17.8 Å². The minimum Gasteiger partial charge on any atom is -0.484 e. The van der Waals surface area contributed by atoms with E-state index in [0.29, 0.717) is 27.8 Å². The van der Waals surface area contributed by atoms with Gasteiger partial charge in [0.15, 0.2) is 6.61 Å². The van der Waals surface area contributed by atoms with E-state index in [-0.39, 0.29) is 25.1 Å². The Balaban J connectivity index is 1.93. The molecule has 3 aromatic carbocycles. The van der Waals surface area contributed by atoms with E-state index in [4.69, 9.17) is 27.9 Å². The summed E-state index contributed by atoms with van der Waals surface area (Å²) in [7, 11) is 0. The first-order valence-electron chi connectivity index (χ1n) is 11.7. The molecule has 0 aliphatic heterocycles. The number of ether oxygens (including phenoxy) is 1. The van der Waals surface area contributed by atoms with Gasteiger partial charge in [0.1, 0.15) is 17.6 Å². The van der Waals surface area contributed by atoms with Crippen LogP contribution in [0.2, 0.25) is 10.0 Å². The molecule has 0 fully saturated rings. The first-order chi connectivity index (χ1) is 17.3. The summed E-state index contributed by atoms with van der Waals surface area (Å²) in [6, 6.07) is 19.0. The minimum absolute atomic E-state index is 0.0673. The zero-order valence-electron chi connectivity index (χ0n) is 20.2. The second-order valence-electron chi connectivity index (χ2n) is 8.52. The second kappa shape index (κ2) is 13.3. The average molecular weight is 531 g/mol. The lowest BCUT2D eigenvalue weighted by atomic mass is 10.0. The highest BCUT2D eigenvalue weighted by atomic mass is 35.5. The van der Waals surface area contributed by atoms with E-state index >= 15 is 0 Å². The predicted molar refractivity (Wildman–Crippen MR) is 141 cm³/mol. The lowest BCUT2D eigenvalue weighted by molar-refractivity contribution is -0.143. The fourth-order valence-electron chi connectivity index (χ4n) is 3.59. The van der Waals surface area contributed by atoms with Crippen molar-refractivity contribution < 1.29 is 18.7 Å². The van der Waals surface area contributed by atoms with Crippen LogP contribution in [-0.4, -0.2) is 35.4 Å². The van der Waals surface area contributed by atoms with Crippen molar-refractivity contribution >= 4 is 35.0 Å².